The topological polar surface area (TPSA) is 122 Å². The summed E-state index contributed by atoms with van der Waals surface area (Å²) in [6.45, 7) is 2.40. The fraction of sp³-hybridized carbons (Fsp3) is 0.0938. The third-order valence-electron chi connectivity index (χ3n) is 6.64. The fourth-order valence-corrected chi connectivity index (χ4v) is 5.53. The van der Waals surface area contributed by atoms with Gasteiger partial charge < -0.3 is 13.9 Å². The molecule has 0 aliphatic rings. The Kier molecular flexibility index (Phi) is 8.27. The van der Waals surface area contributed by atoms with Crippen molar-refractivity contribution in [3.63, 3.8) is 0 Å². The molecular weight excluding hydrogens is 696 g/mol. The Balaban J connectivity index is 1.37. The van der Waals surface area contributed by atoms with E-state index >= 15 is 0 Å². The number of fused-ring (bicyclic) bond motifs is 2. The molecule has 2 heterocycles. The monoisotopic (exact) mass is 716 g/mol. The van der Waals surface area contributed by atoms with Crippen LogP contribution in [0, 0.1) is 10.1 Å². The molecule has 0 saturated carbocycles. The SMILES string of the molecule is CCOc1cc(C=Nn2c(-c3cc4cc(Br)ccc4o3)nc3ccccc3c2=O)cc(Br)c1OCc1ccc([N+](=O)[O-])cc1. The number of nitro benzene ring substituents is 1. The standard InChI is InChI=1S/C32H22Br2N4O6/c1-2-42-28-14-20(13-25(34)30(28)43-18-19-7-10-23(11-8-19)38(40)41)17-35-37-31(36-26-6-4-3-5-24(26)32(37)39)29-16-21-15-22(33)9-12-27(21)44-29/h3-17H,2,18H2,1H3. The molecule has 2 aromatic heterocycles. The van der Waals surface area contributed by atoms with Crippen LogP contribution < -0.4 is 15.0 Å². The summed E-state index contributed by atoms with van der Waals surface area (Å²) < 4.78 is 20.7. The highest BCUT2D eigenvalue weighted by Crippen LogP contribution is 2.37. The average Bonchev–Trinajstić information content (AvgIpc) is 3.43. The molecule has 0 unspecified atom stereocenters. The van der Waals surface area contributed by atoms with E-state index in [0.717, 1.165) is 15.4 Å². The van der Waals surface area contributed by atoms with Gasteiger partial charge in [-0.15, -0.1) is 0 Å². The van der Waals surface area contributed by atoms with Crippen molar-refractivity contribution in [3.8, 4) is 23.1 Å². The van der Waals surface area contributed by atoms with Crippen molar-refractivity contribution in [2.24, 2.45) is 5.10 Å². The molecule has 6 aromatic rings. The number of furan rings is 1. The molecule has 0 aliphatic carbocycles. The van der Waals surface area contributed by atoms with E-state index in [2.05, 4.69) is 37.0 Å². The molecule has 0 bridgehead atoms. The first-order valence-corrected chi connectivity index (χ1v) is 15.0. The summed E-state index contributed by atoms with van der Waals surface area (Å²) in [5.41, 5.74) is 2.21. The molecule has 10 nitrogen and oxygen atoms in total. The molecule has 0 amide bonds. The Bertz CT molecular complexity index is 2120. The van der Waals surface area contributed by atoms with Gasteiger partial charge in [-0.2, -0.15) is 9.78 Å². The zero-order valence-corrected chi connectivity index (χ0v) is 26.2. The number of hydrogen-bond acceptors (Lipinski definition) is 8. The molecule has 4 aromatic carbocycles. The number of ether oxygens (including phenoxy) is 2. The average molecular weight is 718 g/mol. The Morgan fingerprint density at radius 3 is 2.59 bits per heavy atom. The van der Waals surface area contributed by atoms with Gasteiger partial charge in [0.05, 0.1) is 33.1 Å². The number of non-ortho nitro benzene ring substituents is 1. The van der Waals surface area contributed by atoms with E-state index < -0.39 is 4.92 Å². The van der Waals surface area contributed by atoms with Gasteiger partial charge >= 0.3 is 0 Å². The Labute approximate surface area is 267 Å². The van der Waals surface area contributed by atoms with Gasteiger partial charge in [0, 0.05) is 22.0 Å². The fourth-order valence-electron chi connectivity index (χ4n) is 4.57. The highest BCUT2D eigenvalue weighted by molar-refractivity contribution is 9.10. The number of hydrogen-bond donors (Lipinski definition) is 0. The lowest BCUT2D eigenvalue weighted by Crippen LogP contribution is -2.20. The smallest absolute Gasteiger partial charge is 0.282 e. The van der Waals surface area contributed by atoms with Crippen molar-refractivity contribution in [1.82, 2.24) is 9.66 Å². The number of aromatic nitrogens is 2. The van der Waals surface area contributed by atoms with Crippen molar-refractivity contribution >= 4 is 65.6 Å². The molecule has 0 aliphatic heterocycles. The molecular formula is C32H22Br2N4O6. The Hall–Kier alpha value is -4.81. The molecule has 0 N–H and O–H groups in total. The Morgan fingerprint density at radius 2 is 1.82 bits per heavy atom. The van der Waals surface area contributed by atoms with Crippen molar-refractivity contribution in [2.75, 3.05) is 6.61 Å². The van der Waals surface area contributed by atoms with E-state index in [4.69, 9.17) is 18.9 Å². The molecule has 12 heteroatoms. The van der Waals surface area contributed by atoms with E-state index in [-0.39, 0.29) is 23.7 Å². The van der Waals surface area contributed by atoms with E-state index in [1.54, 1.807) is 42.5 Å². The number of nitro groups is 1. The Morgan fingerprint density at radius 1 is 1.02 bits per heavy atom. The van der Waals surface area contributed by atoms with Crippen LogP contribution in [0.4, 0.5) is 5.69 Å². The second kappa shape index (κ2) is 12.4. The number of rotatable bonds is 9. The summed E-state index contributed by atoms with van der Waals surface area (Å²) in [7, 11) is 0. The quantitative estimate of drug-likeness (QED) is 0.0841. The minimum Gasteiger partial charge on any atom is -0.490 e. The second-order valence-corrected chi connectivity index (χ2v) is 11.4. The van der Waals surface area contributed by atoms with Crippen LogP contribution >= 0.6 is 31.9 Å². The van der Waals surface area contributed by atoms with Gasteiger partial charge in [0.2, 0.25) is 5.82 Å². The maximum Gasteiger partial charge on any atom is 0.282 e. The molecule has 44 heavy (non-hydrogen) atoms. The zero-order chi connectivity index (χ0) is 30.8. The van der Waals surface area contributed by atoms with Crippen LogP contribution in [0.5, 0.6) is 11.5 Å². The number of benzene rings is 4. The van der Waals surface area contributed by atoms with Gasteiger partial charge in [0.1, 0.15) is 12.2 Å². The predicted octanol–water partition coefficient (Wildman–Crippen LogP) is 8.10. The van der Waals surface area contributed by atoms with Crippen molar-refractivity contribution in [3.05, 3.63) is 125 Å². The van der Waals surface area contributed by atoms with Crippen LogP contribution in [-0.2, 0) is 6.61 Å². The van der Waals surface area contributed by atoms with Gasteiger partial charge in [-0.3, -0.25) is 14.9 Å². The molecule has 0 radical (unpaired) electrons. The van der Waals surface area contributed by atoms with Crippen molar-refractivity contribution in [2.45, 2.75) is 13.5 Å². The van der Waals surface area contributed by atoms with Crippen LogP contribution in [0.1, 0.15) is 18.1 Å². The van der Waals surface area contributed by atoms with E-state index in [1.807, 2.05) is 37.3 Å². The summed E-state index contributed by atoms with van der Waals surface area (Å²) >= 11 is 7.05. The van der Waals surface area contributed by atoms with Gasteiger partial charge in [-0.25, -0.2) is 4.98 Å². The summed E-state index contributed by atoms with van der Waals surface area (Å²) in [6.07, 6.45) is 1.54. The van der Waals surface area contributed by atoms with Gasteiger partial charge in [0.15, 0.2) is 17.3 Å². The third-order valence-corrected chi connectivity index (χ3v) is 7.72. The van der Waals surface area contributed by atoms with Gasteiger partial charge in [-0.05, 0) is 94.6 Å². The predicted molar refractivity (Wildman–Crippen MR) is 175 cm³/mol. The summed E-state index contributed by atoms with van der Waals surface area (Å²) in [5, 5.41) is 16.8. The lowest BCUT2D eigenvalue weighted by atomic mass is 10.2. The summed E-state index contributed by atoms with van der Waals surface area (Å²) in [4.78, 5) is 28.9. The van der Waals surface area contributed by atoms with Crippen LogP contribution in [0.2, 0.25) is 0 Å². The lowest BCUT2D eigenvalue weighted by molar-refractivity contribution is -0.384. The molecule has 0 spiro atoms. The molecule has 0 saturated heterocycles. The third kappa shape index (κ3) is 5.99. The first-order chi connectivity index (χ1) is 21.3. The van der Waals surface area contributed by atoms with Crippen molar-refractivity contribution < 1.29 is 18.8 Å². The maximum atomic E-state index is 13.7. The lowest BCUT2D eigenvalue weighted by Gasteiger charge is -2.15. The maximum absolute atomic E-state index is 13.7. The van der Waals surface area contributed by atoms with Crippen LogP contribution in [0.25, 0.3) is 33.5 Å². The number of para-hydroxylation sites is 1. The van der Waals surface area contributed by atoms with Crippen LogP contribution in [-0.4, -0.2) is 27.4 Å². The van der Waals surface area contributed by atoms with Gasteiger partial charge in [0.25, 0.3) is 11.2 Å². The second-order valence-electron chi connectivity index (χ2n) is 9.58. The first-order valence-electron chi connectivity index (χ1n) is 13.4. The minimum absolute atomic E-state index is 0.00541. The number of halogens is 2. The minimum atomic E-state index is -0.449. The first kappa shape index (κ1) is 29.3. The van der Waals surface area contributed by atoms with E-state index in [1.165, 1.54) is 23.0 Å². The molecule has 0 fully saturated rings. The van der Waals surface area contributed by atoms with Gasteiger partial charge in [-0.1, -0.05) is 28.1 Å². The normalized spacial score (nSPS) is 11.4. The molecule has 0 atom stereocenters. The molecule has 220 valence electrons. The summed E-state index contributed by atoms with van der Waals surface area (Å²) in [6, 6.07) is 24.2. The number of nitrogens with zero attached hydrogens (tertiary/aromatic N) is 4. The summed E-state index contributed by atoms with van der Waals surface area (Å²) in [5.74, 6) is 1.56. The van der Waals surface area contributed by atoms with Crippen LogP contribution in [0.3, 0.4) is 0 Å². The van der Waals surface area contributed by atoms with Crippen LogP contribution in [0.15, 0.2) is 108 Å². The highest BCUT2D eigenvalue weighted by atomic mass is 79.9. The highest BCUT2D eigenvalue weighted by Gasteiger charge is 2.18. The zero-order valence-electron chi connectivity index (χ0n) is 23.1. The largest absolute Gasteiger partial charge is 0.490 e. The molecule has 6 rings (SSSR count). The van der Waals surface area contributed by atoms with E-state index in [9.17, 15) is 14.9 Å². The van der Waals surface area contributed by atoms with Crippen molar-refractivity contribution in [1.29, 1.82) is 0 Å². The van der Waals surface area contributed by atoms with E-state index in [0.29, 0.717) is 50.4 Å².